The summed E-state index contributed by atoms with van der Waals surface area (Å²) < 4.78 is 41.8. The zero-order valence-corrected chi connectivity index (χ0v) is 14.3. The topological polar surface area (TPSA) is 72.2 Å². The Bertz CT molecular complexity index is 622. The van der Waals surface area contributed by atoms with E-state index in [-0.39, 0.29) is 22.5 Å². The molecule has 7 heteroatoms. The van der Waals surface area contributed by atoms with Crippen molar-refractivity contribution in [3.05, 3.63) is 22.4 Å². The minimum absolute atomic E-state index is 0.151. The molecule has 0 amide bonds. The van der Waals surface area contributed by atoms with Gasteiger partial charge in [0.05, 0.1) is 0 Å². The van der Waals surface area contributed by atoms with Gasteiger partial charge in [0.25, 0.3) is 0 Å². The van der Waals surface area contributed by atoms with Crippen LogP contribution >= 0.6 is 15.9 Å². The first-order chi connectivity index (χ1) is 9.81. The second-order valence-corrected chi connectivity index (χ2v) is 8.18. The average molecular weight is 379 g/mol. The molecule has 0 bridgehead atoms. The average Bonchev–Trinajstić information content (AvgIpc) is 2.59. The lowest BCUT2D eigenvalue weighted by Gasteiger charge is -2.23. The lowest BCUT2D eigenvalue weighted by atomic mass is 9.98. The fourth-order valence-corrected chi connectivity index (χ4v) is 4.47. The molecule has 3 N–H and O–H groups in total. The maximum absolute atomic E-state index is 14.0. The van der Waals surface area contributed by atoms with E-state index < -0.39 is 15.8 Å². The van der Waals surface area contributed by atoms with E-state index in [2.05, 4.69) is 20.7 Å². The summed E-state index contributed by atoms with van der Waals surface area (Å²) in [7, 11) is -3.90. The molecule has 21 heavy (non-hydrogen) atoms. The highest BCUT2D eigenvalue weighted by Crippen LogP contribution is 2.28. The van der Waals surface area contributed by atoms with Gasteiger partial charge in [-0.3, -0.25) is 0 Å². The maximum Gasteiger partial charge on any atom is 0.243 e. The Morgan fingerprint density at radius 1 is 1.29 bits per heavy atom. The van der Waals surface area contributed by atoms with Crippen molar-refractivity contribution in [1.82, 2.24) is 4.72 Å². The van der Waals surface area contributed by atoms with Gasteiger partial charge >= 0.3 is 0 Å². The minimum atomic E-state index is -3.90. The van der Waals surface area contributed by atoms with Crippen LogP contribution in [0.1, 0.15) is 39.0 Å². The van der Waals surface area contributed by atoms with Crippen molar-refractivity contribution in [3.63, 3.8) is 0 Å². The standard InChI is InChI=1S/C14H20BrFN2O2S/c1-9-5-3-2-4-6-13(9)18-21(19,20)14-8-12(17)10(15)7-11(14)16/h7-9,13,18H,2-6,17H2,1H3. The Kier molecular flexibility index (Phi) is 5.27. The molecule has 0 saturated heterocycles. The summed E-state index contributed by atoms with van der Waals surface area (Å²) in [5, 5.41) is 0. The molecular weight excluding hydrogens is 359 g/mol. The predicted octanol–water partition coefficient (Wildman–Crippen LogP) is 3.42. The number of nitrogens with two attached hydrogens (primary N) is 1. The van der Waals surface area contributed by atoms with Crippen molar-refractivity contribution in [1.29, 1.82) is 0 Å². The van der Waals surface area contributed by atoms with Crippen LogP contribution in [0.3, 0.4) is 0 Å². The van der Waals surface area contributed by atoms with Crippen LogP contribution in [0.2, 0.25) is 0 Å². The van der Waals surface area contributed by atoms with Crippen molar-refractivity contribution in [3.8, 4) is 0 Å². The number of nitrogen functional groups attached to an aromatic ring is 1. The largest absolute Gasteiger partial charge is 0.398 e. The van der Waals surface area contributed by atoms with Gasteiger partial charge in [-0.2, -0.15) is 0 Å². The molecule has 1 aliphatic carbocycles. The Hall–Kier alpha value is -0.660. The summed E-state index contributed by atoms with van der Waals surface area (Å²) in [6.45, 7) is 2.03. The Morgan fingerprint density at radius 3 is 2.67 bits per heavy atom. The molecule has 1 aromatic carbocycles. The van der Waals surface area contributed by atoms with Crippen LogP contribution in [0.5, 0.6) is 0 Å². The maximum atomic E-state index is 14.0. The van der Waals surface area contributed by atoms with Crippen molar-refractivity contribution >= 4 is 31.6 Å². The number of benzene rings is 1. The molecule has 1 aliphatic rings. The summed E-state index contributed by atoms with van der Waals surface area (Å²) in [5.41, 5.74) is 5.87. The molecule has 2 unspecified atom stereocenters. The molecule has 0 aliphatic heterocycles. The first kappa shape index (κ1) is 16.7. The van der Waals surface area contributed by atoms with Gasteiger partial charge in [-0.25, -0.2) is 17.5 Å². The highest BCUT2D eigenvalue weighted by molar-refractivity contribution is 9.10. The molecular formula is C14H20BrFN2O2S. The van der Waals surface area contributed by atoms with E-state index in [9.17, 15) is 12.8 Å². The predicted molar refractivity (Wildman–Crippen MR) is 84.9 cm³/mol. The van der Waals surface area contributed by atoms with Crippen LogP contribution in [-0.4, -0.2) is 14.5 Å². The fourth-order valence-electron chi connectivity index (χ4n) is 2.68. The molecule has 0 heterocycles. The van der Waals surface area contributed by atoms with E-state index in [1.54, 1.807) is 0 Å². The number of hydrogen-bond donors (Lipinski definition) is 2. The number of anilines is 1. The third-order valence-electron chi connectivity index (χ3n) is 4.01. The fraction of sp³-hybridized carbons (Fsp3) is 0.571. The monoisotopic (exact) mass is 378 g/mol. The molecule has 1 aromatic rings. The van der Waals surface area contributed by atoms with Gasteiger partial charge < -0.3 is 5.73 Å². The van der Waals surface area contributed by atoms with Crippen LogP contribution in [0, 0.1) is 11.7 Å². The van der Waals surface area contributed by atoms with E-state index in [1.165, 1.54) is 0 Å². The van der Waals surface area contributed by atoms with Gasteiger partial charge in [0.2, 0.25) is 10.0 Å². The highest BCUT2D eigenvalue weighted by atomic mass is 79.9. The smallest absolute Gasteiger partial charge is 0.243 e. The van der Waals surface area contributed by atoms with Crippen LogP contribution in [0.4, 0.5) is 10.1 Å². The first-order valence-electron chi connectivity index (χ1n) is 7.08. The molecule has 0 radical (unpaired) electrons. The van der Waals surface area contributed by atoms with E-state index in [4.69, 9.17) is 5.73 Å². The van der Waals surface area contributed by atoms with Crippen LogP contribution < -0.4 is 10.5 Å². The second-order valence-electron chi connectivity index (χ2n) is 5.65. The van der Waals surface area contributed by atoms with E-state index >= 15 is 0 Å². The number of halogens is 2. The van der Waals surface area contributed by atoms with Gasteiger partial charge in [-0.05, 0) is 46.8 Å². The van der Waals surface area contributed by atoms with Crippen molar-refractivity contribution in [2.24, 2.45) is 5.92 Å². The third-order valence-corrected chi connectivity index (χ3v) is 6.20. The Labute approximate surface area is 133 Å². The van der Waals surface area contributed by atoms with Crippen molar-refractivity contribution in [2.75, 3.05) is 5.73 Å². The van der Waals surface area contributed by atoms with Gasteiger partial charge in [-0.15, -0.1) is 0 Å². The molecule has 1 saturated carbocycles. The number of hydrogen-bond acceptors (Lipinski definition) is 3. The first-order valence-corrected chi connectivity index (χ1v) is 9.35. The second kappa shape index (κ2) is 6.62. The Balaban J connectivity index is 2.27. The summed E-state index contributed by atoms with van der Waals surface area (Å²) in [4.78, 5) is -0.389. The van der Waals surface area contributed by atoms with E-state index in [0.29, 0.717) is 4.47 Å². The van der Waals surface area contributed by atoms with Crippen molar-refractivity contribution in [2.45, 2.75) is 50.0 Å². The van der Waals surface area contributed by atoms with E-state index in [1.807, 2.05) is 6.92 Å². The molecule has 2 rings (SSSR count). The van der Waals surface area contributed by atoms with Crippen LogP contribution in [-0.2, 0) is 10.0 Å². The minimum Gasteiger partial charge on any atom is -0.398 e. The van der Waals surface area contributed by atoms with Crippen LogP contribution in [0.15, 0.2) is 21.5 Å². The lowest BCUT2D eigenvalue weighted by molar-refractivity contribution is 0.398. The lowest BCUT2D eigenvalue weighted by Crippen LogP contribution is -2.39. The van der Waals surface area contributed by atoms with Gasteiger partial charge in [0.1, 0.15) is 10.7 Å². The van der Waals surface area contributed by atoms with Crippen molar-refractivity contribution < 1.29 is 12.8 Å². The normalized spacial score (nSPS) is 23.8. The molecule has 2 atom stereocenters. The van der Waals surface area contributed by atoms with E-state index in [0.717, 1.165) is 44.2 Å². The SMILES string of the molecule is CC1CCCCCC1NS(=O)(=O)c1cc(N)c(Br)cc1F. The van der Waals surface area contributed by atoms with Crippen LogP contribution in [0.25, 0.3) is 0 Å². The van der Waals surface area contributed by atoms with Gasteiger partial charge in [-0.1, -0.05) is 26.2 Å². The number of sulfonamides is 1. The number of rotatable bonds is 3. The zero-order chi connectivity index (χ0) is 15.6. The molecule has 0 spiro atoms. The van der Waals surface area contributed by atoms with Gasteiger partial charge in [0, 0.05) is 16.2 Å². The highest BCUT2D eigenvalue weighted by Gasteiger charge is 2.28. The number of nitrogens with one attached hydrogen (secondary N) is 1. The Morgan fingerprint density at radius 2 is 1.95 bits per heavy atom. The molecule has 118 valence electrons. The molecule has 0 aromatic heterocycles. The summed E-state index contributed by atoms with van der Waals surface area (Å²) in [6.07, 6.45) is 4.98. The quantitative estimate of drug-likeness (QED) is 0.625. The molecule has 1 fully saturated rings. The van der Waals surface area contributed by atoms with Gasteiger partial charge in [0.15, 0.2) is 0 Å². The summed E-state index contributed by atoms with van der Waals surface area (Å²) in [5.74, 6) is -0.553. The summed E-state index contributed by atoms with van der Waals surface area (Å²) >= 11 is 3.09. The summed E-state index contributed by atoms with van der Waals surface area (Å²) in [6, 6.07) is 2.09. The molecule has 4 nitrogen and oxygen atoms in total. The third kappa shape index (κ3) is 3.96. The zero-order valence-electron chi connectivity index (χ0n) is 11.9.